The van der Waals surface area contributed by atoms with Crippen molar-refractivity contribution >= 4 is 28.0 Å². The van der Waals surface area contributed by atoms with Crippen molar-refractivity contribution in [3.05, 3.63) is 58.6 Å². The third-order valence-corrected chi connectivity index (χ3v) is 3.32. The molecule has 2 aromatic rings. The lowest BCUT2D eigenvalue weighted by Crippen LogP contribution is -2.03. The fraction of sp³-hybridized carbons (Fsp3) is 0.0625. The van der Waals surface area contributed by atoms with Crippen molar-refractivity contribution in [2.45, 2.75) is 0 Å². The van der Waals surface area contributed by atoms with Gasteiger partial charge in [0.1, 0.15) is 5.75 Å². The Bertz CT molecular complexity index is 709. The molecule has 0 saturated heterocycles. The van der Waals surface area contributed by atoms with Crippen LogP contribution in [0.2, 0.25) is 0 Å². The van der Waals surface area contributed by atoms with Gasteiger partial charge in [0.25, 0.3) is 0 Å². The van der Waals surface area contributed by atoms with E-state index in [1.807, 2.05) is 24.3 Å². The molecule has 3 rings (SSSR count). The predicted molar refractivity (Wildman–Crippen MR) is 81.4 cm³/mol. The molecule has 1 aliphatic heterocycles. The molecular weight excluding hydrogens is 336 g/mol. The number of carbonyl (C=O) groups is 1. The number of carbonyl (C=O) groups excluding carboxylic acids is 1. The molecule has 106 valence electrons. The van der Waals surface area contributed by atoms with Crippen LogP contribution < -0.4 is 14.2 Å². The minimum absolute atomic E-state index is 0.190. The summed E-state index contributed by atoms with van der Waals surface area (Å²) in [5, 5.41) is 0. The maximum atomic E-state index is 11.8. The van der Waals surface area contributed by atoms with Gasteiger partial charge in [0.05, 0.1) is 0 Å². The van der Waals surface area contributed by atoms with Gasteiger partial charge in [-0.3, -0.25) is 0 Å². The van der Waals surface area contributed by atoms with Crippen LogP contribution in [0.15, 0.2) is 53.0 Å². The van der Waals surface area contributed by atoms with Crippen LogP contribution in [0.5, 0.6) is 17.2 Å². The maximum absolute atomic E-state index is 11.8. The summed E-state index contributed by atoms with van der Waals surface area (Å²) >= 11 is 3.38. The van der Waals surface area contributed by atoms with Crippen molar-refractivity contribution in [1.82, 2.24) is 0 Å². The number of fused-ring (bicyclic) bond motifs is 1. The topological polar surface area (TPSA) is 44.8 Å². The molecule has 0 spiro atoms. The highest BCUT2D eigenvalue weighted by Crippen LogP contribution is 2.35. The number of halogens is 1. The maximum Gasteiger partial charge on any atom is 0.336 e. The average Bonchev–Trinajstić information content (AvgIpc) is 2.93. The monoisotopic (exact) mass is 346 g/mol. The molecule has 0 N–H and O–H groups in total. The van der Waals surface area contributed by atoms with Crippen LogP contribution >= 0.6 is 15.9 Å². The molecule has 0 aromatic heterocycles. The highest BCUT2D eigenvalue weighted by atomic mass is 79.9. The Balaban J connectivity index is 1.66. The summed E-state index contributed by atoms with van der Waals surface area (Å²) in [6.07, 6.45) is 3.08. The van der Waals surface area contributed by atoms with Crippen LogP contribution in [0.3, 0.4) is 0 Å². The number of benzene rings is 2. The first-order valence-corrected chi connectivity index (χ1v) is 7.05. The van der Waals surface area contributed by atoms with Crippen molar-refractivity contribution in [2.24, 2.45) is 0 Å². The van der Waals surface area contributed by atoms with Crippen molar-refractivity contribution < 1.29 is 19.0 Å². The molecule has 0 radical (unpaired) electrons. The van der Waals surface area contributed by atoms with E-state index in [1.54, 1.807) is 24.3 Å². The SMILES string of the molecule is O=C(C=Cc1cccc(Br)c1)Oc1ccc2c(c1)OCO2. The van der Waals surface area contributed by atoms with Gasteiger partial charge >= 0.3 is 5.97 Å². The van der Waals surface area contributed by atoms with Crippen molar-refractivity contribution in [1.29, 1.82) is 0 Å². The lowest BCUT2D eigenvalue weighted by molar-refractivity contribution is -0.128. The van der Waals surface area contributed by atoms with E-state index in [-0.39, 0.29) is 6.79 Å². The highest BCUT2D eigenvalue weighted by molar-refractivity contribution is 9.10. The summed E-state index contributed by atoms with van der Waals surface area (Å²) < 4.78 is 16.6. The standard InChI is InChI=1S/C16H11BrO4/c17-12-3-1-2-11(8-12)4-7-16(18)21-13-5-6-14-15(9-13)20-10-19-14/h1-9H,10H2. The van der Waals surface area contributed by atoms with Gasteiger partial charge in [0.15, 0.2) is 11.5 Å². The fourth-order valence-electron chi connectivity index (χ4n) is 1.87. The van der Waals surface area contributed by atoms with Crippen LogP contribution in [0.25, 0.3) is 6.08 Å². The number of hydrogen-bond acceptors (Lipinski definition) is 4. The first kappa shape index (κ1) is 13.7. The molecule has 2 aromatic carbocycles. The lowest BCUT2D eigenvalue weighted by Gasteiger charge is -2.02. The zero-order valence-corrected chi connectivity index (χ0v) is 12.5. The minimum atomic E-state index is -0.450. The quantitative estimate of drug-likeness (QED) is 0.481. The van der Waals surface area contributed by atoms with E-state index < -0.39 is 5.97 Å². The summed E-state index contributed by atoms with van der Waals surface area (Å²) in [7, 11) is 0. The van der Waals surface area contributed by atoms with E-state index in [0.29, 0.717) is 17.2 Å². The normalized spacial score (nSPS) is 12.6. The van der Waals surface area contributed by atoms with Crippen LogP contribution in [-0.2, 0) is 4.79 Å². The summed E-state index contributed by atoms with van der Waals surface area (Å²) in [6.45, 7) is 0.190. The zero-order valence-electron chi connectivity index (χ0n) is 10.9. The van der Waals surface area contributed by atoms with Crippen molar-refractivity contribution in [3.8, 4) is 17.2 Å². The molecule has 5 heteroatoms. The second-order valence-electron chi connectivity index (χ2n) is 4.32. The van der Waals surface area contributed by atoms with E-state index in [1.165, 1.54) is 6.08 Å². The van der Waals surface area contributed by atoms with Gasteiger partial charge in [-0.2, -0.15) is 0 Å². The van der Waals surface area contributed by atoms with Crippen LogP contribution in [0.4, 0.5) is 0 Å². The van der Waals surface area contributed by atoms with E-state index in [4.69, 9.17) is 14.2 Å². The smallest absolute Gasteiger partial charge is 0.336 e. The molecule has 4 nitrogen and oxygen atoms in total. The molecule has 0 bridgehead atoms. The average molecular weight is 347 g/mol. The lowest BCUT2D eigenvalue weighted by atomic mass is 10.2. The number of rotatable bonds is 3. The van der Waals surface area contributed by atoms with Gasteiger partial charge < -0.3 is 14.2 Å². The van der Waals surface area contributed by atoms with E-state index in [0.717, 1.165) is 10.0 Å². The van der Waals surface area contributed by atoms with E-state index in [2.05, 4.69) is 15.9 Å². The van der Waals surface area contributed by atoms with Gasteiger partial charge in [-0.1, -0.05) is 28.1 Å². The largest absolute Gasteiger partial charge is 0.454 e. The number of hydrogen-bond donors (Lipinski definition) is 0. The first-order chi connectivity index (χ1) is 10.2. The Labute approximate surface area is 130 Å². The van der Waals surface area contributed by atoms with Gasteiger partial charge in [0.2, 0.25) is 6.79 Å². The minimum Gasteiger partial charge on any atom is -0.454 e. The van der Waals surface area contributed by atoms with Gasteiger partial charge in [-0.25, -0.2) is 4.79 Å². The van der Waals surface area contributed by atoms with E-state index >= 15 is 0 Å². The van der Waals surface area contributed by atoms with Gasteiger partial charge in [0, 0.05) is 16.6 Å². The molecule has 21 heavy (non-hydrogen) atoms. The van der Waals surface area contributed by atoms with Crippen LogP contribution in [-0.4, -0.2) is 12.8 Å². The molecule has 0 saturated carbocycles. The fourth-order valence-corrected chi connectivity index (χ4v) is 2.28. The molecular formula is C16H11BrO4. The Kier molecular flexibility index (Phi) is 3.92. The van der Waals surface area contributed by atoms with Crippen molar-refractivity contribution in [2.75, 3.05) is 6.79 Å². The highest BCUT2D eigenvalue weighted by Gasteiger charge is 2.14. The molecule has 0 aliphatic carbocycles. The molecule has 1 aliphatic rings. The molecule has 1 heterocycles. The molecule has 0 unspecified atom stereocenters. The summed E-state index contributed by atoms with van der Waals surface area (Å²) in [6, 6.07) is 12.6. The van der Waals surface area contributed by atoms with Gasteiger partial charge in [-0.05, 0) is 35.9 Å². The van der Waals surface area contributed by atoms with Crippen LogP contribution in [0.1, 0.15) is 5.56 Å². The van der Waals surface area contributed by atoms with Crippen molar-refractivity contribution in [3.63, 3.8) is 0 Å². The second-order valence-corrected chi connectivity index (χ2v) is 5.24. The molecule has 0 atom stereocenters. The Morgan fingerprint density at radius 3 is 2.86 bits per heavy atom. The summed E-state index contributed by atoms with van der Waals surface area (Å²) in [5.74, 6) is 1.20. The third kappa shape index (κ3) is 3.44. The van der Waals surface area contributed by atoms with E-state index in [9.17, 15) is 4.79 Å². The molecule has 0 amide bonds. The predicted octanol–water partition coefficient (Wildman–Crippen LogP) is 3.80. The Morgan fingerprint density at radius 2 is 2.00 bits per heavy atom. The number of esters is 1. The first-order valence-electron chi connectivity index (χ1n) is 6.26. The molecule has 0 fully saturated rings. The third-order valence-electron chi connectivity index (χ3n) is 2.82. The zero-order chi connectivity index (χ0) is 14.7. The second kappa shape index (κ2) is 6.01. The summed E-state index contributed by atoms with van der Waals surface area (Å²) in [5.41, 5.74) is 0.909. The summed E-state index contributed by atoms with van der Waals surface area (Å²) in [4.78, 5) is 11.8. The van der Waals surface area contributed by atoms with Crippen LogP contribution in [0, 0.1) is 0 Å². The Hall–Kier alpha value is -2.27. The number of ether oxygens (including phenoxy) is 3. The Morgan fingerprint density at radius 1 is 1.14 bits per heavy atom. The van der Waals surface area contributed by atoms with Gasteiger partial charge in [-0.15, -0.1) is 0 Å².